The Labute approximate surface area is 82.9 Å². The van der Waals surface area contributed by atoms with Gasteiger partial charge in [0, 0.05) is 4.57 Å². The van der Waals surface area contributed by atoms with Gasteiger partial charge in [-0.3, -0.25) is 0 Å². The van der Waals surface area contributed by atoms with Gasteiger partial charge in [-0.2, -0.15) is 0 Å². The molecule has 0 rings (SSSR count). The van der Waals surface area contributed by atoms with Crippen molar-refractivity contribution in [3.8, 4) is 0 Å². The Kier molecular flexibility index (Phi) is 7.75. The van der Waals surface area contributed by atoms with Crippen molar-refractivity contribution in [3.05, 3.63) is 0 Å². The molecule has 0 amide bonds. The molecule has 0 aromatic heterocycles. The average molecular weight is 232 g/mol. The van der Waals surface area contributed by atoms with Gasteiger partial charge in [0.2, 0.25) is 6.29 Å². The third-order valence-corrected chi connectivity index (χ3v) is 1.91. The molecule has 7 heteroatoms. The quantitative estimate of drug-likeness (QED) is 0.410. The van der Waals surface area contributed by atoms with Gasteiger partial charge in [0.05, 0.1) is 5.88 Å². The predicted octanol–water partition coefficient (Wildman–Crippen LogP) is 1.62. The smallest absolute Gasteiger partial charge is 0.368 e. The van der Waals surface area contributed by atoms with Crippen LogP contribution in [0.15, 0.2) is 0 Å². The van der Waals surface area contributed by atoms with Crippen molar-refractivity contribution in [1.29, 1.82) is 0 Å². The SMILES string of the molecule is CC(O)OC(C)O[P+](=O)OCCCl. The van der Waals surface area contributed by atoms with E-state index in [1.165, 1.54) is 13.8 Å². The highest BCUT2D eigenvalue weighted by molar-refractivity contribution is 7.33. The minimum Gasteiger partial charge on any atom is -0.368 e. The summed E-state index contributed by atoms with van der Waals surface area (Å²) in [5.41, 5.74) is 0. The Balaban J connectivity index is 3.53. The number of hydrogen-bond donors (Lipinski definition) is 1. The van der Waals surface area contributed by atoms with Gasteiger partial charge in [0.25, 0.3) is 0 Å². The monoisotopic (exact) mass is 231 g/mol. The number of aliphatic hydroxyl groups is 1. The van der Waals surface area contributed by atoms with Crippen molar-refractivity contribution < 1.29 is 23.5 Å². The van der Waals surface area contributed by atoms with Crippen LogP contribution in [0.5, 0.6) is 0 Å². The number of hydrogen-bond acceptors (Lipinski definition) is 5. The first-order chi connectivity index (χ1) is 6.06. The molecule has 78 valence electrons. The van der Waals surface area contributed by atoms with Gasteiger partial charge in [-0.1, -0.05) is 4.52 Å². The van der Waals surface area contributed by atoms with Gasteiger partial charge >= 0.3 is 8.25 Å². The molecule has 3 atom stereocenters. The highest BCUT2D eigenvalue weighted by atomic mass is 35.5. The normalized spacial score (nSPS) is 16.8. The molecule has 0 aliphatic carbocycles. The predicted molar refractivity (Wildman–Crippen MR) is 47.6 cm³/mol. The number of aliphatic hydroxyl groups excluding tert-OH is 1. The van der Waals surface area contributed by atoms with Crippen LogP contribution in [0.25, 0.3) is 0 Å². The molecule has 0 spiro atoms. The standard InChI is InChI=1S/C6H13ClO5P/c1-5(8)11-6(2)12-13(9)10-4-3-7/h5-6,8H,3-4H2,1-2H3/q+1. The van der Waals surface area contributed by atoms with Crippen LogP contribution in [0, 0.1) is 0 Å². The lowest BCUT2D eigenvalue weighted by Gasteiger charge is -2.08. The van der Waals surface area contributed by atoms with E-state index in [0.29, 0.717) is 0 Å². The van der Waals surface area contributed by atoms with Crippen LogP contribution in [-0.4, -0.2) is 30.2 Å². The van der Waals surface area contributed by atoms with E-state index in [-0.39, 0.29) is 12.5 Å². The molecule has 3 unspecified atom stereocenters. The number of rotatable bonds is 7. The second-order valence-electron chi connectivity index (χ2n) is 2.15. The Hall–Kier alpha value is 0.230. The van der Waals surface area contributed by atoms with Gasteiger partial charge in [0.1, 0.15) is 6.61 Å². The fourth-order valence-electron chi connectivity index (χ4n) is 0.563. The van der Waals surface area contributed by atoms with E-state index in [4.69, 9.17) is 26.0 Å². The Morgan fingerprint density at radius 1 is 1.54 bits per heavy atom. The minimum atomic E-state index is -2.23. The van der Waals surface area contributed by atoms with Crippen molar-refractivity contribution in [3.63, 3.8) is 0 Å². The number of alkyl halides is 1. The molecule has 0 saturated heterocycles. The van der Waals surface area contributed by atoms with Crippen molar-refractivity contribution >= 4 is 19.9 Å². The maximum absolute atomic E-state index is 10.9. The molecular formula is C6H13ClO5P+. The van der Waals surface area contributed by atoms with Gasteiger partial charge in [-0.15, -0.1) is 16.1 Å². The van der Waals surface area contributed by atoms with Crippen molar-refractivity contribution in [2.75, 3.05) is 12.5 Å². The Morgan fingerprint density at radius 3 is 2.62 bits per heavy atom. The lowest BCUT2D eigenvalue weighted by atomic mass is 10.7. The van der Waals surface area contributed by atoms with Gasteiger partial charge in [-0.25, -0.2) is 0 Å². The lowest BCUT2D eigenvalue weighted by molar-refractivity contribution is -0.180. The first kappa shape index (κ1) is 13.2. The van der Waals surface area contributed by atoms with Crippen LogP contribution in [0.1, 0.15) is 13.8 Å². The third-order valence-electron chi connectivity index (χ3n) is 0.897. The molecule has 1 N–H and O–H groups in total. The molecule has 0 aromatic rings. The first-order valence-electron chi connectivity index (χ1n) is 3.72. The number of halogens is 1. The summed E-state index contributed by atoms with van der Waals surface area (Å²) in [6.07, 6.45) is -1.75. The molecular weight excluding hydrogens is 218 g/mol. The molecule has 0 aliphatic rings. The third kappa shape index (κ3) is 8.56. The zero-order valence-electron chi connectivity index (χ0n) is 7.47. The molecule has 5 nitrogen and oxygen atoms in total. The molecule has 0 bridgehead atoms. The van der Waals surface area contributed by atoms with Crippen LogP contribution >= 0.6 is 19.9 Å². The summed E-state index contributed by atoms with van der Waals surface area (Å²) in [5, 5.41) is 8.75. The molecule has 0 fully saturated rings. The van der Waals surface area contributed by atoms with E-state index >= 15 is 0 Å². The average Bonchev–Trinajstić information content (AvgIpc) is 1.98. The second-order valence-corrected chi connectivity index (χ2v) is 3.45. The van der Waals surface area contributed by atoms with Gasteiger partial charge in [-0.05, 0) is 13.8 Å². The van der Waals surface area contributed by atoms with Gasteiger partial charge in [0.15, 0.2) is 6.29 Å². The zero-order chi connectivity index (χ0) is 10.3. The van der Waals surface area contributed by atoms with Crippen molar-refractivity contribution in [1.82, 2.24) is 0 Å². The highest BCUT2D eigenvalue weighted by Crippen LogP contribution is 2.26. The summed E-state index contributed by atoms with van der Waals surface area (Å²) in [6.45, 7) is 3.08. The second kappa shape index (κ2) is 7.62. The fraction of sp³-hybridized carbons (Fsp3) is 1.00. The Morgan fingerprint density at radius 2 is 2.15 bits per heavy atom. The van der Waals surface area contributed by atoms with E-state index in [0.717, 1.165) is 0 Å². The van der Waals surface area contributed by atoms with E-state index in [2.05, 4.69) is 4.52 Å². The van der Waals surface area contributed by atoms with E-state index in [1.54, 1.807) is 0 Å². The maximum atomic E-state index is 10.9. The minimum absolute atomic E-state index is 0.151. The molecule has 0 saturated carbocycles. The van der Waals surface area contributed by atoms with Crippen LogP contribution in [0.4, 0.5) is 0 Å². The Bertz CT molecular complexity index is 154. The van der Waals surface area contributed by atoms with Gasteiger partial charge < -0.3 is 9.84 Å². The molecule has 0 aliphatic heterocycles. The van der Waals surface area contributed by atoms with Crippen LogP contribution in [0.3, 0.4) is 0 Å². The summed E-state index contributed by atoms with van der Waals surface area (Å²) in [6, 6.07) is 0. The summed E-state index contributed by atoms with van der Waals surface area (Å²) in [7, 11) is -2.23. The molecule has 0 heterocycles. The summed E-state index contributed by atoms with van der Waals surface area (Å²) in [4.78, 5) is 0. The van der Waals surface area contributed by atoms with E-state index in [1.807, 2.05) is 0 Å². The fourth-order valence-corrected chi connectivity index (χ4v) is 1.34. The topological polar surface area (TPSA) is 65.0 Å². The summed E-state index contributed by atoms with van der Waals surface area (Å²) in [5.74, 6) is 0.246. The first-order valence-corrected chi connectivity index (χ1v) is 5.35. The van der Waals surface area contributed by atoms with E-state index in [9.17, 15) is 4.57 Å². The zero-order valence-corrected chi connectivity index (χ0v) is 9.12. The van der Waals surface area contributed by atoms with Crippen LogP contribution < -0.4 is 0 Å². The molecule has 0 aromatic carbocycles. The summed E-state index contributed by atoms with van der Waals surface area (Å²) < 4.78 is 25.0. The van der Waals surface area contributed by atoms with Crippen molar-refractivity contribution in [2.24, 2.45) is 0 Å². The lowest BCUT2D eigenvalue weighted by Crippen LogP contribution is -2.17. The van der Waals surface area contributed by atoms with Crippen LogP contribution in [-0.2, 0) is 18.3 Å². The van der Waals surface area contributed by atoms with Crippen LogP contribution in [0.2, 0.25) is 0 Å². The molecule has 0 radical (unpaired) electrons. The van der Waals surface area contributed by atoms with E-state index < -0.39 is 20.8 Å². The maximum Gasteiger partial charge on any atom is 0.700 e. The molecule has 13 heavy (non-hydrogen) atoms. The largest absolute Gasteiger partial charge is 0.700 e. The number of ether oxygens (including phenoxy) is 1. The summed E-state index contributed by atoms with van der Waals surface area (Å²) >= 11 is 5.29. The van der Waals surface area contributed by atoms with Crippen molar-refractivity contribution in [2.45, 2.75) is 26.4 Å². The highest BCUT2D eigenvalue weighted by Gasteiger charge is 2.25.